The first kappa shape index (κ1) is 13.6. The third-order valence-corrected chi connectivity index (χ3v) is 5.47. The fraction of sp³-hybridized carbons (Fsp3) is 0.625. The van der Waals surface area contributed by atoms with E-state index < -0.39 is 0 Å². The first-order chi connectivity index (χ1) is 9.24. The number of nitrogens with one attached hydrogen (secondary N) is 1. The summed E-state index contributed by atoms with van der Waals surface area (Å²) >= 11 is 3.58. The normalized spacial score (nSPS) is 28.1. The number of hydrogen-bond acceptors (Lipinski definition) is 2. The second-order valence-electron chi connectivity index (χ2n) is 5.97. The molecule has 0 bridgehead atoms. The van der Waals surface area contributed by atoms with Crippen molar-refractivity contribution in [2.45, 2.75) is 51.2 Å². The summed E-state index contributed by atoms with van der Waals surface area (Å²) in [4.78, 5) is 2.69. The molecule has 2 nitrogen and oxygen atoms in total. The minimum atomic E-state index is 0.735. The molecule has 2 aliphatic heterocycles. The van der Waals surface area contributed by atoms with Gasteiger partial charge in [-0.15, -0.1) is 0 Å². The molecule has 2 atom stereocenters. The first-order valence-electron chi connectivity index (χ1n) is 7.46. The van der Waals surface area contributed by atoms with Crippen molar-refractivity contribution in [2.75, 3.05) is 13.1 Å². The zero-order valence-electron chi connectivity index (χ0n) is 11.7. The van der Waals surface area contributed by atoms with Crippen LogP contribution in [-0.4, -0.2) is 30.1 Å². The predicted octanol–water partition coefficient (Wildman–Crippen LogP) is 3.47. The number of rotatable bonds is 3. The van der Waals surface area contributed by atoms with Gasteiger partial charge in [-0.05, 0) is 62.9 Å². The summed E-state index contributed by atoms with van der Waals surface area (Å²) in [5.41, 5.74) is 2.79. The Morgan fingerprint density at radius 1 is 1.32 bits per heavy atom. The topological polar surface area (TPSA) is 15.3 Å². The Bertz CT molecular complexity index is 440. The molecular formula is C16H23BrN2. The molecule has 3 rings (SSSR count). The van der Waals surface area contributed by atoms with Gasteiger partial charge in [-0.25, -0.2) is 0 Å². The zero-order valence-corrected chi connectivity index (χ0v) is 13.2. The number of aryl methyl sites for hydroxylation is 1. The Kier molecular flexibility index (Phi) is 4.25. The third kappa shape index (κ3) is 3.04. The van der Waals surface area contributed by atoms with E-state index in [1.54, 1.807) is 0 Å². The molecule has 0 aliphatic carbocycles. The van der Waals surface area contributed by atoms with Gasteiger partial charge in [0.1, 0.15) is 0 Å². The van der Waals surface area contributed by atoms with E-state index in [1.807, 2.05) is 0 Å². The Morgan fingerprint density at radius 3 is 2.95 bits per heavy atom. The largest absolute Gasteiger partial charge is 0.312 e. The van der Waals surface area contributed by atoms with E-state index in [4.69, 9.17) is 0 Å². The Morgan fingerprint density at radius 2 is 2.21 bits per heavy atom. The van der Waals surface area contributed by atoms with Gasteiger partial charge in [0.2, 0.25) is 0 Å². The molecule has 3 heteroatoms. The van der Waals surface area contributed by atoms with E-state index >= 15 is 0 Å². The predicted molar refractivity (Wildman–Crippen MR) is 83.3 cm³/mol. The van der Waals surface area contributed by atoms with Crippen molar-refractivity contribution < 1.29 is 0 Å². The molecule has 2 saturated heterocycles. The average Bonchev–Trinajstić information content (AvgIpc) is 3.04. The van der Waals surface area contributed by atoms with Gasteiger partial charge in [0.05, 0.1) is 0 Å². The smallest absolute Gasteiger partial charge is 0.0253 e. The highest BCUT2D eigenvalue weighted by Crippen LogP contribution is 2.27. The summed E-state index contributed by atoms with van der Waals surface area (Å²) in [6, 6.07) is 8.25. The van der Waals surface area contributed by atoms with Gasteiger partial charge in [0.15, 0.2) is 0 Å². The summed E-state index contributed by atoms with van der Waals surface area (Å²) in [5, 5.41) is 3.69. The molecule has 0 saturated carbocycles. The molecule has 19 heavy (non-hydrogen) atoms. The lowest BCUT2D eigenvalue weighted by molar-refractivity contribution is 0.206. The van der Waals surface area contributed by atoms with E-state index in [-0.39, 0.29) is 0 Å². The van der Waals surface area contributed by atoms with Crippen LogP contribution in [0.4, 0.5) is 0 Å². The van der Waals surface area contributed by atoms with Gasteiger partial charge in [-0.2, -0.15) is 0 Å². The molecule has 0 aromatic heterocycles. The van der Waals surface area contributed by atoms with Crippen LogP contribution in [-0.2, 0) is 6.54 Å². The van der Waals surface area contributed by atoms with Crippen molar-refractivity contribution in [3.05, 3.63) is 33.8 Å². The minimum Gasteiger partial charge on any atom is -0.312 e. The average molecular weight is 323 g/mol. The molecule has 0 spiro atoms. The first-order valence-corrected chi connectivity index (χ1v) is 8.26. The minimum absolute atomic E-state index is 0.735. The second-order valence-corrected chi connectivity index (χ2v) is 6.82. The Balaban J connectivity index is 1.69. The molecule has 2 fully saturated rings. The lowest BCUT2D eigenvalue weighted by Crippen LogP contribution is -2.43. The molecule has 104 valence electrons. The van der Waals surface area contributed by atoms with Crippen molar-refractivity contribution in [3.63, 3.8) is 0 Å². The molecule has 2 aliphatic rings. The van der Waals surface area contributed by atoms with E-state index in [2.05, 4.69) is 51.3 Å². The number of benzene rings is 1. The highest BCUT2D eigenvalue weighted by molar-refractivity contribution is 9.10. The third-order valence-electron chi connectivity index (χ3n) is 4.59. The van der Waals surface area contributed by atoms with Gasteiger partial charge < -0.3 is 5.32 Å². The summed E-state index contributed by atoms with van der Waals surface area (Å²) in [6.07, 6.45) is 5.44. The summed E-state index contributed by atoms with van der Waals surface area (Å²) in [5.74, 6) is 0. The summed E-state index contributed by atoms with van der Waals surface area (Å²) in [6.45, 7) is 5.76. The van der Waals surface area contributed by atoms with Gasteiger partial charge in [0.25, 0.3) is 0 Å². The highest BCUT2D eigenvalue weighted by Gasteiger charge is 2.32. The van der Waals surface area contributed by atoms with Gasteiger partial charge in [-0.3, -0.25) is 4.90 Å². The lowest BCUT2D eigenvalue weighted by atomic mass is 10.0. The summed E-state index contributed by atoms with van der Waals surface area (Å²) in [7, 11) is 0. The van der Waals surface area contributed by atoms with Crippen molar-refractivity contribution in [1.29, 1.82) is 0 Å². The Hall–Kier alpha value is -0.380. The fourth-order valence-electron chi connectivity index (χ4n) is 3.58. The molecule has 0 amide bonds. The zero-order chi connectivity index (χ0) is 13.2. The van der Waals surface area contributed by atoms with Crippen LogP contribution in [0.3, 0.4) is 0 Å². The molecule has 1 N–H and O–H groups in total. The second kappa shape index (κ2) is 5.94. The van der Waals surface area contributed by atoms with Crippen LogP contribution in [0.5, 0.6) is 0 Å². The molecule has 2 heterocycles. The maximum atomic E-state index is 3.69. The van der Waals surface area contributed by atoms with Crippen molar-refractivity contribution in [2.24, 2.45) is 0 Å². The van der Waals surface area contributed by atoms with E-state index in [9.17, 15) is 0 Å². The molecule has 0 radical (unpaired) electrons. The fourth-order valence-corrected chi connectivity index (χ4v) is 3.83. The monoisotopic (exact) mass is 322 g/mol. The van der Waals surface area contributed by atoms with Crippen LogP contribution in [0.15, 0.2) is 22.7 Å². The molecule has 1 aromatic carbocycles. The standard InChI is InChI=1S/C16H23BrN2/c1-12-10-13(6-7-14(12)17)11-19-9-3-5-16(19)15-4-2-8-18-15/h6-7,10,15-16,18H,2-5,8-9,11H2,1H3. The number of likely N-dealkylation sites (tertiary alicyclic amines) is 1. The van der Waals surface area contributed by atoms with Crippen LogP contribution in [0.1, 0.15) is 36.8 Å². The van der Waals surface area contributed by atoms with Crippen LogP contribution in [0.2, 0.25) is 0 Å². The van der Waals surface area contributed by atoms with Crippen molar-refractivity contribution in [3.8, 4) is 0 Å². The maximum absolute atomic E-state index is 3.69. The van der Waals surface area contributed by atoms with Gasteiger partial charge in [-0.1, -0.05) is 28.1 Å². The molecule has 1 aromatic rings. The molecular weight excluding hydrogens is 300 g/mol. The Labute approximate surface area is 124 Å². The van der Waals surface area contributed by atoms with Crippen molar-refractivity contribution >= 4 is 15.9 Å². The van der Waals surface area contributed by atoms with Gasteiger partial charge in [0, 0.05) is 23.1 Å². The van der Waals surface area contributed by atoms with Gasteiger partial charge >= 0.3 is 0 Å². The molecule has 2 unspecified atom stereocenters. The van der Waals surface area contributed by atoms with Crippen LogP contribution >= 0.6 is 15.9 Å². The van der Waals surface area contributed by atoms with Crippen LogP contribution in [0, 0.1) is 6.92 Å². The maximum Gasteiger partial charge on any atom is 0.0253 e. The van der Waals surface area contributed by atoms with E-state index in [0.29, 0.717) is 0 Å². The quantitative estimate of drug-likeness (QED) is 0.916. The highest BCUT2D eigenvalue weighted by atomic mass is 79.9. The number of halogens is 1. The van der Waals surface area contributed by atoms with E-state index in [1.165, 1.54) is 54.4 Å². The SMILES string of the molecule is Cc1cc(CN2CCCC2C2CCCN2)ccc1Br. The van der Waals surface area contributed by atoms with Crippen LogP contribution < -0.4 is 5.32 Å². The summed E-state index contributed by atoms with van der Waals surface area (Å²) < 4.78 is 1.21. The number of hydrogen-bond donors (Lipinski definition) is 1. The van der Waals surface area contributed by atoms with E-state index in [0.717, 1.165) is 18.6 Å². The lowest BCUT2D eigenvalue weighted by Gasteiger charge is -2.29. The number of nitrogens with zero attached hydrogens (tertiary/aromatic N) is 1. The van der Waals surface area contributed by atoms with Crippen molar-refractivity contribution in [1.82, 2.24) is 10.2 Å². The van der Waals surface area contributed by atoms with Crippen LogP contribution in [0.25, 0.3) is 0 Å².